The smallest absolute Gasteiger partial charge is 0.119 e. The number of nitrogen functional groups attached to an aromatic ring is 1. The number of likely N-dealkylation sites (tertiary alicyclic amines) is 1. The van der Waals surface area contributed by atoms with Crippen LogP contribution in [0.15, 0.2) is 66.7 Å². The van der Waals surface area contributed by atoms with Gasteiger partial charge in [0.15, 0.2) is 0 Å². The van der Waals surface area contributed by atoms with Crippen molar-refractivity contribution in [3.8, 4) is 17.0 Å². The number of ether oxygens (including phenoxy) is 1. The first-order chi connectivity index (χ1) is 18.1. The first kappa shape index (κ1) is 26.8. The summed E-state index contributed by atoms with van der Waals surface area (Å²) in [6.07, 6.45) is 5.38. The van der Waals surface area contributed by atoms with Gasteiger partial charge in [-0.25, -0.2) is 0 Å². The van der Waals surface area contributed by atoms with Crippen LogP contribution in [0.4, 0.5) is 5.69 Å². The molecule has 1 saturated heterocycles. The molecule has 1 fully saturated rings. The molecule has 2 N–H and O–H groups in total. The van der Waals surface area contributed by atoms with Gasteiger partial charge >= 0.3 is 0 Å². The van der Waals surface area contributed by atoms with E-state index in [-0.39, 0.29) is 0 Å². The lowest BCUT2D eigenvalue weighted by Crippen LogP contribution is -2.29. The van der Waals surface area contributed by atoms with Crippen molar-refractivity contribution in [1.29, 1.82) is 0 Å². The molecule has 0 spiro atoms. The average molecular weight is 498 g/mol. The van der Waals surface area contributed by atoms with Crippen molar-refractivity contribution >= 4 is 16.6 Å². The Labute approximate surface area is 223 Å². The van der Waals surface area contributed by atoms with E-state index in [1.165, 1.54) is 77.6 Å². The van der Waals surface area contributed by atoms with Crippen molar-refractivity contribution in [2.45, 2.75) is 59.9 Å². The van der Waals surface area contributed by atoms with Crippen LogP contribution in [0, 0.1) is 13.8 Å². The van der Waals surface area contributed by atoms with Gasteiger partial charge in [0.2, 0.25) is 0 Å². The highest BCUT2D eigenvalue weighted by molar-refractivity contribution is 5.93. The fourth-order valence-corrected chi connectivity index (χ4v) is 5.31. The Hall–Kier alpha value is -3.24. The molecular weight excluding hydrogens is 454 g/mol. The molecule has 0 unspecified atom stereocenters. The van der Waals surface area contributed by atoms with Crippen molar-refractivity contribution in [1.82, 2.24) is 9.47 Å². The number of hydrogen-bond acceptors (Lipinski definition) is 3. The Morgan fingerprint density at radius 1 is 0.811 bits per heavy atom. The third-order valence-corrected chi connectivity index (χ3v) is 7.30. The second-order valence-electron chi connectivity index (χ2n) is 9.95. The zero-order valence-corrected chi connectivity index (χ0v) is 23.1. The summed E-state index contributed by atoms with van der Waals surface area (Å²) in [5.41, 5.74) is 14.4. The van der Waals surface area contributed by atoms with Gasteiger partial charge in [0.25, 0.3) is 0 Å². The highest BCUT2D eigenvalue weighted by Gasteiger charge is 2.16. The lowest BCUT2D eigenvalue weighted by atomic mass is 10.0. The molecular formula is C33H43N3O. The average Bonchev–Trinajstić information content (AvgIpc) is 3.07. The van der Waals surface area contributed by atoms with E-state index in [0.29, 0.717) is 0 Å². The van der Waals surface area contributed by atoms with Crippen LogP contribution >= 0.6 is 0 Å². The maximum atomic E-state index is 6.15. The molecule has 196 valence electrons. The minimum absolute atomic E-state index is 0.750. The third-order valence-electron chi connectivity index (χ3n) is 7.30. The quantitative estimate of drug-likeness (QED) is 0.265. The number of rotatable bonds is 7. The molecule has 0 bridgehead atoms. The van der Waals surface area contributed by atoms with Crippen LogP contribution in [0.1, 0.15) is 56.2 Å². The SMILES string of the molecule is CC.Cc1ccc(-c2c(C)c3cc(N)ccc3n2Cc2ccc(OCCN3CCCCCC3)cc2)cc1. The van der Waals surface area contributed by atoms with Crippen LogP contribution in [0.2, 0.25) is 0 Å². The third kappa shape index (κ3) is 6.56. The predicted molar refractivity (Wildman–Crippen MR) is 159 cm³/mol. The number of aryl methyl sites for hydroxylation is 2. The van der Waals surface area contributed by atoms with Gasteiger partial charge < -0.3 is 15.0 Å². The van der Waals surface area contributed by atoms with Gasteiger partial charge in [0.1, 0.15) is 12.4 Å². The monoisotopic (exact) mass is 497 g/mol. The van der Waals surface area contributed by atoms with E-state index in [1.54, 1.807) is 0 Å². The molecule has 4 nitrogen and oxygen atoms in total. The Bertz CT molecular complexity index is 1260. The van der Waals surface area contributed by atoms with E-state index in [1.807, 2.05) is 19.9 Å². The fourth-order valence-electron chi connectivity index (χ4n) is 5.31. The van der Waals surface area contributed by atoms with Crippen LogP contribution in [0.5, 0.6) is 5.75 Å². The molecule has 0 radical (unpaired) electrons. The van der Waals surface area contributed by atoms with Gasteiger partial charge in [-0.3, -0.25) is 4.90 Å². The maximum Gasteiger partial charge on any atom is 0.119 e. The van der Waals surface area contributed by atoms with E-state index in [0.717, 1.165) is 31.1 Å². The van der Waals surface area contributed by atoms with Crippen LogP contribution in [-0.2, 0) is 6.54 Å². The van der Waals surface area contributed by atoms with E-state index >= 15 is 0 Å². The molecule has 0 atom stereocenters. The molecule has 3 aromatic carbocycles. The lowest BCUT2D eigenvalue weighted by molar-refractivity contribution is 0.214. The van der Waals surface area contributed by atoms with Gasteiger partial charge in [-0.1, -0.05) is 68.7 Å². The Balaban J connectivity index is 0.00000156. The minimum atomic E-state index is 0.750. The summed E-state index contributed by atoms with van der Waals surface area (Å²) in [5.74, 6) is 0.948. The maximum absolute atomic E-state index is 6.15. The molecule has 5 rings (SSSR count). The van der Waals surface area contributed by atoms with Crippen molar-refractivity contribution in [3.63, 3.8) is 0 Å². The summed E-state index contributed by atoms with van der Waals surface area (Å²) in [4.78, 5) is 2.54. The normalized spacial score (nSPS) is 14.2. The molecule has 4 aromatic rings. The Morgan fingerprint density at radius 3 is 2.16 bits per heavy atom. The fraction of sp³-hybridized carbons (Fsp3) is 0.394. The van der Waals surface area contributed by atoms with Crippen LogP contribution in [0.25, 0.3) is 22.2 Å². The molecule has 1 aliphatic heterocycles. The summed E-state index contributed by atoms with van der Waals surface area (Å²) in [7, 11) is 0. The second-order valence-corrected chi connectivity index (χ2v) is 9.95. The molecule has 1 aliphatic rings. The minimum Gasteiger partial charge on any atom is -0.492 e. The highest BCUT2D eigenvalue weighted by Crippen LogP contribution is 2.35. The number of aromatic nitrogens is 1. The largest absolute Gasteiger partial charge is 0.492 e. The Kier molecular flexibility index (Phi) is 9.29. The number of nitrogens with zero attached hydrogens (tertiary/aromatic N) is 2. The standard InChI is InChI=1S/C31H37N3O.C2H6/c1-23-7-11-26(12-8-23)31-24(2)29-21-27(32)13-16-30(29)34(31)22-25-9-14-28(15-10-25)35-20-19-33-17-5-3-4-6-18-33;1-2/h7-16,21H,3-6,17-20,22,32H2,1-2H3;1-2H3. The van der Waals surface area contributed by atoms with E-state index in [2.05, 4.69) is 84.0 Å². The molecule has 0 saturated carbocycles. The number of hydrogen-bond donors (Lipinski definition) is 1. The molecule has 0 amide bonds. The zero-order valence-electron chi connectivity index (χ0n) is 23.1. The molecule has 4 heteroatoms. The van der Waals surface area contributed by atoms with Gasteiger partial charge in [0.05, 0.1) is 5.69 Å². The molecule has 0 aliphatic carbocycles. The summed E-state index contributed by atoms with van der Waals surface area (Å²) in [6.45, 7) is 13.3. The molecule has 1 aromatic heterocycles. The van der Waals surface area contributed by atoms with Crippen LogP contribution < -0.4 is 10.5 Å². The van der Waals surface area contributed by atoms with E-state index in [9.17, 15) is 0 Å². The Morgan fingerprint density at radius 2 is 1.49 bits per heavy atom. The first-order valence-corrected chi connectivity index (χ1v) is 14.0. The zero-order chi connectivity index (χ0) is 26.2. The number of nitrogens with two attached hydrogens (primary N) is 1. The van der Waals surface area contributed by atoms with Crippen LogP contribution in [0.3, 0.4) is 0 Å². The van der Waals surface area contributed by atoms with Gasteiger partial charge in [0, 0.05) is 29.7 Å². The summed E-state index contributed by atoms with van der Waals surface area (Å²) >= 11 is 0. The van der Waals surface area contributed by atoms with Gasteiger partial charge in [-0.05, 0) is 86.8 Å². The lowest BCUT2D eigenvalue weighted by Gasteiger charge is -2.19. The van der Waals surface area contributed by atoms with Crippen molar-refractivity contribution < 1.29 is 4.74 Å². The summed E-state index contributed by atoms with van der Waals surface area (Å²) in [6, 6.07) is 23.7. The van der Waals surface area contributed by atoms with E-state index < -0.39 is 0 Å². The molecule has 2 heterocycles. The number of fused-ring (bicyclic) bond motifs is 1. The predicted octanol–water partition coefficient (Wildman–Crippen LogP) is 7.84. The number of anilines is 1. The number of benzene rings is 3. The van der Waals surface area contributed by atoms with Crippen molar-refractivity contribution in [2.75, 3.05) is 32.0 Å². The summed E-state index contributed by atoms with van der Waals surface area (Å²) in [5, 5.41) is 1.22. The highest BCUT2D eigenvalue weighted by atomic mass is 16.5. The van der Waals surface area contributed by atoms with Gasteiger partial charge in [-0.15, -0.1) is 0 Å². The van der Waals surface area contributed by atoms with Crippen molar-refractivity contribution in [2.24, 2.45) is 0 Å². The topological polar surface area (TPSA) is 43.4 Å². The molecule has 37 heavy (non-hydrogen) atoms. The van der Waals surface area contributed by atoms with Crippen molar-refractivity contribution in [3.05, 3.63) is 83.4 Å². The second kappa shape index (κ2) is 12.8. The van der Waals surface area contributed by atoms with E-state index in [4.69, 9.17) is 10.5 Å². The summed E-state index contributed by atoms with van der Waals surface area (Å²) < 4.78 is 8.50. The van der Waals surface area contributed by atoms with Gasteiger partial charge in [-0.2, -0.15) is 0 Å². The van der Waals surface area contributed by atoms with Crippen LogP contribution in [-0.4, -0.2) is 35.7 Å². The first-order valence-electron chi connectivity index (χ1n) is 14.0.